The second kappa shape index (κ2) is 5.52. The third-order valence-electron chi connectivity index (χ3n) is 1.56. The summed E-state index contributed by atoms with van der Waals surface area (Å²) in [7, 11) is 0. The highest BCUT2D eigenvalue weighted by Crippen LogP contribution is 2.24. The van der Waals surface area contributed by atoms with Crippen LogP contribution in [0, 0.1) is 6.92 Å². The van der Waals surface area contributed by atoms with Gasteiger partial charge in [-0.05, 0) is 19.1 Å². The first-order chi connectivity index (χ1) is 5.59. The van der Waals surface area contributed by atoms with Crippen LogP contribution in [0.25, 0.3) is 0 Å². The lowest BCUT2D eigenvalue weighted by molar-refractivity contribution is 0.129. The van der Waals surface area contributed by atoms with Crippen LogP contribution >= 0.6 is 23.7 Å². The number of hydrogen-bond acceptors (Lipinski definition) is 2. The molecule has 76 valence electrons. The molecule has 1 aromatic rings. The molecule has 13 heavy (non-hydrogen) atoms. The minimum atomic E-state index is -2.32. The van der Waals surface area contributed by atoms with Crippen molar-refractivity contribution < 1.29 is 8.78 Å². The molecule has 0 saturated heterocycles. The number of nitrogens with two attached hydrogens (primary N) is 1. The van der Waals surface area contributed by atoms with Crippen molar-refractivity contribution >= 4 is 23.7 Å². The molecule has 0 saturated carbocycles. The normalized spacial score (nSPS) is 12.7. The Balaban J connectivity index is 0.00000144. The molecule has 1 aromatic heterocycles. The Morgan fingerprint density at radius 2 is 2.08 bits per heavy atom. The van der Waals surface area contributed by atoms with Crippen LogP contribution in [-0.2, 0) is 0 Å². The summed E-state index contributed by atoms with van der Waals surface area (Å²) in [6.45, 7) is 1.93. The summed E-state index contributed by atoms with van der Waals surface area (Å²) in [5.74, 6) is 0. The Hall–Kier alpha value is -0.190. The van der Waals surface area contributed by atoms with Crippen LogP contribution in [0.2, 0.25) is 0 Å². The lowest BCUT2D eigenvalue weighted by Crippen LogP contribution is -2.12. The summed E-state index contributed by atoms with van der Waals surface area (Å²) in [4.78, 5) is 1.95. The van der Waals surface area contributed by atoms with Gasteiger partial charge in [-0.15, -0.1) is 23.7 Å². The molecule has 1 nitrogen and oxygen atoms in total. The lowest BCUT2D eigenvalue weighted by atomic mass is 10.2. The first-order valence-electron chi connectivity index (χ1n) is 3.69. The fourth-order valence-corrected chi connectivity index (χ4v) is 1.85. The predicted molar refractivity (Wildman–Crippen MR) is 53.9 cm³/mol. The second-order valence-corrected chi connectivity index (χ2v) is 4.00. The van der Waals surface area contributed by atoms with E-state index in [9.17, 15) is 8.78 Å². The molecule has 1 rings (SSSR count). The van der Waals surface area contributed by atoms with Gasteiger partial charge in [-0.2, -0.15) is 0 Å². The molecular weight excluding hydrogens is 216 g/mol. The molecule has 0 aliphatic carbocycles. The first kappa shape index (κ1) is 12.8. The summed E-state index contributed by atoms with van der Waals surface area (Å²) < 4.78 is 23.8. The average molecular weight is 228 g/mol. The second-order valence-electron chi connectivity index (χ2n) is 2.68. The first-order valence-corrected chi connectivity index (χ1v) is 4.51. The molecule has 0 amide bonds. The molecule has 2 N–H and O–H groups in total. The number of hydrogen-bond donors (Lipinski definition) is 1. The van der Waals surface area contributed by atoms with Crippen molar-refractivity contribution in [2.75, 3.05) is 0 Å². The Labute approximate surface area is 86.4 Å². The van der Waals surface area contributed by atoms with Gasteiger partial charge in [0.15, 0.2) is 0 Å². The fraction of sp³-hybridized carbons (Fsp3) is 0.500. The molecular formula is C8H12ClF2NS. The van der Waals surface area contributed by atoms with E-state index in [1.54, 1.807) is 0 Å². The summed E-state index contributed by atoms with van der Waals surface area (Å²) >= 11 is 1.48. The molecule has 1 heterocycles. The molecule has 0 aromatic carbocycles. The molecule has 0 fully saturated rings. The van der Waals surface area contributed by atoms with Crippen molar-refractivity contribution in [3.05, 3.63) is 21.9 Å². The quantitative estimate of drug-likeness (QED) is 0.844. The van der Waals surface area contributed by atoms with Gasteiger partial charge in [0, 0.05) is 22.2 Å². The van der Waals surface area contributed by atoms with E-state index in [4.69, 9.17) is 5.73 Å². The van der Waals surface area contributed by atoms with Crippen LogP contribution in [-0.4, -0.2) is 6.43 Å². The summed E-state index contributed by atoms with van der Waals surface area (Å²) in [6, 6.07) is 3.20. The van der Waals surface area contributed by atoms with Crippen LogP contribution in [0.1, 0.15) is 22.2 Å². The van der Waals surface area contributed by atoms with Gasteiger partial charge in [0.1, 0.15) is 0 Å². The maximum atomic E-state index is 11.9. The summed E-state index contributed by atoms with van der Waals surface area (Å²) in [5, 5.41) is 0. The Morgan fingerprint density at radius 3 is 2.46 bits per heavy atom. The lowest BCUT2D eigenvalue weighted by Gasteiger charge is -2.07. The Bertz CT molecular complexity index is 252. The van der Waals surface area contributed by atoms with Crippen LogP contribution in [0.5, 0.6) is 0 Å². The van der Waals surface area contributed by atoms with Crippen molar-refractivity contribution in [2.45, 2.75) is 25.8 Å². The van der Waals surface area contributed by atoms with Crippen molar-refractivity contribution in [1.82, 2.24) is 0 Å². The van der Waals surface area contributed by atoms with E-state index in [0.29, 0.717) is 0 Å². The van der Waals surface area contributed by atoms with Crippen molar-refractivity contribution in [3.63, 3.8) is 0 Å². The van der Waals surface area contributed by atoms with E-state index in [-0.39, 0.29) is 18.8 Å². The smallest absolute Gasteiger partial charge is 0.240 e. The molecule has 0 radical (unpaired) electrons. The van der Waals surface area contributed by atoms with E-state index in [1.807, 2.05) is 19.1 Å². The van der Waals surface area contributed by atoms with E-state index in [1.165, 1.54) is 11.3 Å². The SMILES string of the molecule is Cc1ccc([C@@H](N)CC(F)F)s1.Cl. The van der Waals surface area contributed by atoms with Crippen LogP contribution < -0.4 is 5.73 Å². The molecule has 0 aliphatic heterocycles. The standard InChI is InChI=1S/C8H11F2NS.ClH/c1-5-2-3-7(12-5)6(11)4-8(9)10;/h2-3,6,8H,4,11H2,1H3;1H/t6-;/m0./s1. The number of aryl methyl sites for hydroxylation is 1. The van der Waals surface area contributed by atoms with Crippen molar-refractivity contribution in [2.24, 2.45) is 5.73 Å². The Kier molecular flexibility index (Phi) is 5.44. The van der Waals surface area contributed by atoms with Gasteiger partial charge in [-0.25, -0.2) is 8.78 Å². The fourth-order valence-electron chi connectivity index (χ4n) is 0.961. The van der Waals surface area contributed by atoms with E-state index < -0.39 is 12.5 Å². The van der Waals surface area contributed by atoms with Gasteiger partial charge < -0.3 is 5.73 Å². The highest BCUT2D eigenvalue weighted by molar-refractivity contribution is 7.12. The summed E-state index contributed by atoms with van der Waals surface area (Å²) in [6.07, 6.45) is -2.57. The highest BCUT2D eigenvalue weighted by Gasteiger charge is 2.13. The summed E-state index contributed by atoms with van der Waals surface area (Å²) in [5.41, 5.74) is 5.54. The predicted octanol–water partition coefficient (Wildman–Crippen LogP) is 3.13. The van der Waals surface area contributed by atoms with E-state index in [0.717, 1.165) is 9.75 Å². The number of rotatable bonds is 3. The number of thiophene rings is 1. The molecule has 5 heteroatoms. The molecule has 1 atom stereocenters. The van der Waals surface area contributed by atoms with Crippen molar-refractivity contribution in [3.8, 4) is 0 Å². The maximum absolute atomic E-state index is 11.9. The van der Waals surface area contributed by atoms with E-state index >= 15 is 0 Å². The molecule has 0 spiro atoms. The van der Waals surface area contributed by atoms with Gasteiger partial charge in [-0.3, -0.25) is 0 Å². The minimum absolute atomic E-state index is 0. The monoisotopic (exact) mass is 227 g/mol. The zero-order valence-electron chi connectivity index (χ0n) is 7.17. The van der Waals surface area contributed by atoms with Gasteiger partial charge >= 0.3 is 0 Å². The van der Waals surface area contributed by atoms with Gasteiger partial charge in [0.25, 0.3) is 0 Å². The number of alkyl halides is 2. The largest absolute Gasteiger partial charge is 0.323 e. The maximum Gasteiger partial charge on any atom is 0.240 e. The van der Waals surface area contributed by atoms with Gasteiger partial charge in [-0.1, -0.05) is 0 Å². The van der Waals surface area contributed by atoms with Gasteiger partial charge in [0.2, 0.25) is 6.43 Å². The van der Waals surface area contributed by atoms with Crippen LogP contribution in [0.4, 0.5) is 8.78 Å². The molecule has 0 aliphatic rings. The zero-order valence-corrected chi connectivity index (χ0v) is 8.80. The minimum Gasteiger partial charge on any atom is -0.323 e. The Morgan fingerprint density at radius 1 is 1.46 bits per heavy atom. The van der Waals surface area contributed by atoms with Crippen LogP contribution in [0.3, 0.4) is 0 Å². The molecule has 0 unspecified atom stereocenters. The van der Waals surface area contributed by atoms with Crippen LogP contribution in [0.15, 0.2) is 12.1 Å². The van der Waals surface area contributed by atoms with Crippen molar-refractivity contribution in [1.29, 1.82) is 0 Å². The number of halogens is 3. The van der Waals surface area contributed by atoms with Gasteiger partial charge in [0.05, 0.1) is 0 Å². The topological polar surface area (TPSA) is 26.0 Å². The third kappa shape index (κ3) is 4.02. The van der Waals surface area contributed by atoms with E-state index in [2.05, 4.69) is 0 Å². The zero-order chi connectivity index (χ0) is 9.14. The highest BCUT2D eigenvalue weighted by atomic mass is 35.5. The third-order valence-corrected chi connectivity index (χ3v) is 2.69. The molecule has 0 bridgehead atoms. The average Bonchev–Trinajstić information content (AvgIpc) is 2.34.